The first kappa shape index (κ1) is 22.0. The fraction of sp³-hybridized carbons (Fsp3) is 0.0417. The minimum atomic E-state index is -0.521. The van der Waals surface area contributed by atoms with Crippen LogP contribution in [0.25, 0.3) is 11.3 Å². The van der Waals surface area contributed by atoms with E-state index in [-0.39, 0.29) is 5.56 Å². The number of anilines is 2. The molecule has 0 aliphatic carbocycles. The lowest BCUT2D eigenvalue weighted by Gasteiger charge is -2.13. The number of methoxy groups -OCH3 is 1. The number of ether oxygens (including phenoxy) is 1. The molecule has 7 nitrogen and oxygen atoms in total. The Morgan fingerprint density at radius 2 is 1.79 bits per heavy atom. The number of H-pyrrole nitrogens is 1. The summed E-state index contributed by atoms with van der Waals surface area (Å²) in [6, 6.07) is 17.1. The Kier molecular flexibility index (Phi) is 6.37. The van der Waals surface area contributed by atoms with Crippen LogP contribution in [0.5, 0.6) is 5.75 Å². The fourth-order valence-corrected chi connectivity index (χ4v) is 3.33. The van der Waals surface area contributed by atoms with Gasteiger partial charge in [-0.3, -0.25) is 14.7 Å². The van der Waals surface area contributed by atoms with E-state index in [4.69, 9.17) is 16.3 Å². The average molecular weight is 465 g/mol. The summed E-state index contributed by atoms with van der Waals surface area (Å²) in [6.45, 7) is 0. The molecule has 0 bridgehead atoms. The molecule has 4 aromatic rings. The van der Waals surface area contributed by atoms with Gasteiger partial charge in [0.15, 0.2) is 0 Å². The highest BCUT2D eigenvalue weighted by Gasteiger charge is 2.17. The summed E-state index contributed by atoms with van der Waals surface area (Å²) in [5.41, 5.74) is 2.50. The third-order valence-electron chi connectivity index (χ3n) is 4.81. The summed E-state index contributed by atoms with van der Waals surface area (Å²) in [7, 11) is 1.45. The van der Waals surface area contributed by atoms with E-state index < -0.39 is 17.6 Å². The first-order chi connectivity index (χ1) is 15.9. The molecule has 0 fully saturated rings. The molecule has 0 aliphatic rings. The topological polar surface area (TPSA) is 96.1 Å². The van der Waals surface area contributed by atoms with Gasteiger partial charge in [0, 0.05) is 21.8 Å². The van der Waals surface area contributed by atoms with E-state index in [2.05, 4.69) is 20.8 Å². The predicted octanol–water partition coefficient (Wildman–Crippen LogP) is 5.38. The van der Waals surface area contributed by atoms with E-state index in [1.54, 1.807) is 42.5 Å². The van der Waals surface area contributed by atoms with E-state index in [9.17, 15) is 14.0 Å². The first-order valence-corrected chi connectivity index (χ1v) is 10.2. The lowest BCUT2D eigenvalue weighted by Crippen LogP contribution is -2.15. The average Bonchev–Trinajstić information content (AvgIpc) is 3.30. The lowest BCUT2D eigenvalue weighted by atomic mass is 10.1. The maximum atomic E-state index is 13.5. The van der Waals surface area contributed by atoms with Crippen molar-refractivity contribution in [3.63, 3.8) is 0 Å². The van der Waals surface area contributed by atoms with Crippen molar-refractivity contribution < 1.29 is 18.7 Å². The zero-order chi connectivity index (χ0) is 23.4. The zero-order valence-electron chi connectivity index (χ0n) is 17.4. The third kappa shape index (κ3) is 5.02. The molecule has 1 aromatic heterocycles. The minimum absolute atomic E-state index is 0.150. The van der Waals surface area contributed by atoms with Gasteiger partial charge < -0.3 is 15.4 Å². The lowest BCUT2D eigenvalue weighted by molar-refractivity contribution is 0.101. The molecule has 0 saturated carbocycles. The van der Waals surface area contributed by atoms with Gasteiger partial charge in [-0.05, 0) is 48.5 Å². The smallest absolute Gasteiger partial charge is 0.259 e. The number of rotatable bonds is 6. The molecule has 3 aromatic carbocycles. The summed E-state index contributed by atoms with van der Waals surface area (Å²) in [4.78, 5) is 25.5. The summed E-state index contributed by atoms with van der Waals surface area (Å²) >= 11 is 5.94. The molecule has 3 N–H and O–H groups in total. The Morgan fingerprint density at radius 1 is 1.00 bits per heavy atom. The molecule has 0 unspecified atom stereocenters. The predicted molar refractivity (Wildman–Crippen MR) is 124 cm³/mol. The van der Waals surface area contributed by atoms with Crippen molar-refractivity contribution in [2.45, 2.75) is 0 Å². The van der Waals surface area contributed by atoms with Crippen LogP contribution in [-0.2, 0) is 0 Å². The summed E-state index contributed by atoms with van der Waals surface area (Å²) in [5.74, 6) is -1.06. The molecule has 0 saturated heterocycles. The van der Waals surface area contributed by atoms with Gasteiger partial charge in [0.1, 0.15) is 11.6 Å². The molecule has 9 heteroatoms. The number of hydrogen-bond donors (Lipinski definition) is 3. The standard InChI is InChI=1S/C24H18ClFN4O3/c1-33-21-10-9-18(12-20(21)29-23(31)15-3-2-4-17(26)11-15)28-24(32)19-13-27-30-22(19)14-5-7-16(25)8-6-14/h2-13H,1H3,(H,27,30)(H,28,32)(H,29,31). The summed E-state index contributed by atoms with van der Waals surface area (Å²) in [6.07, 6.45) is 1.43. The van der Waals surface area contributed by atoms with E-state index in [0.717, 1.165) is 11.6 Å². The summed E-state index contributed by atoms with van der Waals surface area (Å²) < 4.78 is 18.8. The monoisotopic (exact) mass is 464 g/mol. The van der Waals surface area contributed by atoms with Crippen LogP contribution in [0, 0.1) is 5.82 Å². The van der Waals surface area contributed by atoms with Crippen LogP contribution >= 0.6 is 11.6 Å². The normalized spacial score (nSPS) is 10.5. The van der Waals surface area contributed by atoms with Crippen molar-refractivity contribution in [3.8, 4) is 17.0 Å². The number of nitrogens with one attached hydrogen (secondary N) is 3. The maximum Gasteiger partial charge on any atom is 0.259 e. The Bertz CT molecular complexity index is 1320. The van der Waals surface area contributed by atoms with Gasteiger partial charge in [0.05, 0.1) is 30.3 Å². The van der Waals surface area contributed by atoms with Gasteiger partial charge in [-0.1, -0.05) is 29.8 Å². The number of carbonyl (C=O) groups is 2. The molecule has 1 heterocycles. The van der Waals surface area contributed by atoms with Crippen LogP contribution in [-0.4, -0.2) is 29.1 Å². The number of hydrogen-bond acceptors (Lipinski definition) is 4. The highest BCUT2D eigenvalue weighted by Crippen LogP contribution is 2.29. The number of aromatic nitrogens is 2. The molecule has 0 aliphatic heterocycles. The molecule has 4 rings (SSSR count). The Balaban J connectivity index is 1.56. The highest BCUT2D eigenvalue weighted by atomic mass is 35.5. The zero-order valence-corrected chi connectivity index (χ0v) is 18.1. The van der Waals surface area contributed by atoms with Gasteiger partial charge in [-0.25, -0.2) is 4.39 Å². The van der Waals surface area contributed by atoms with Gasteiger partial charge in [-0.2, -0.15) is 5.10 Å². The Labute approximate surface area is 193 Å². The highest BCUT2D eigenvalue weighted by molar-refractivity contribution is 6.30. The van der Waals surface area contributed by atoms with E-state index in [0.29, 0.717) is 33.4 Å². The number of nitrogens with zero attached hydrogens (tertiary/aromatic N) is 1. The second-order valence-corrected chi connectivity index (χ2v) is 7.44. The first-order valence-electron chi connectivity index (χ1n) is 9.80. The van der Waals surface area contributed by atoms with Crippen molar-refractivity contribution in [3.05, 3.63) is 94.9 Å². The van der Waals surface area contributed by atoms with Crippen LogP contribution < -0.4 is 15.4 Å². The fourth-order valence-electron chi connectivity index (χ4n) is 3.20. The van der Waals surface area contributed by atoms with Crippen LogP contribution in [0.4, 0.5) is 15.8 Å². The van der Waals surface area contributed by atoms with Crippen molar-refractivity contribution in [2.24, 2.45) is 0 Å². The molecule has 0 radical (unpaired) electrons. The van der Waals surface area contributed by atoms with Crippen LogP contribution in [0.2, 0.25) is 5.02 Å². The van der Waals surface area contributed by atoms with Crippen molar-refractivity contribution in [1.82, 2.24) is 10.2 Å². The van der Waals surface area contributed by atoms with Gasteiger partial charge >= 0.3 is 0 Å². The molecule has 0 atom stereocenters. The molecule has 33 heavy (non-hydrogen) atoms. The van der Waals surface area contributed by atoms with Gasteiger partial charge in [0.25, 0.3) is 11.8 Å². The molecule has 0 spiro atoms. The second kappa shape index (κ2) is 9.54. The number of halogens is 2. The van der Waals surface area contributed by atoms with Crippen LogP contribution in [0.15, 0.2) is 72.9 Å². The van der Waals surface area contributed by atoms with Crippen LogP contribution in [0.1, 0.15) is 20.7 Å². The molecular formula is C24H18ClFN4O3. The molecular weight excluding hydrogens is 447 g/mol. The van der Waals surface area contributed by atoms with E-state index in [1.807, 2.05) is 0 Å². The molecule has 2 amide bonds. The van der Waals surface area contributed by atoms with E-state index >= 15 is 0 Å². The Morgan fingerprint density at radius 3 is 2.52 bits per heavy atom. The van der Waals surface area contributed by atoms with Gasteiger partial charge in [-0.15, -0.1) is 0 Å². The van der Waals surface area contributed by atoms with E-state index in [1.165, 1.54) is 31.5 Å². The van der Waals surface area contributed by atoms with Crippen molar-refractivity contribution in [1.29, 1.82) is 0 Å². The summed E-state index contributed by atoms with van der Waals surface area (Å²) in [5, 5.41) is 12.9. The molecule has 166 valence electrons. The third-order valence-corrected chi connectivity index (χ3v) is 5.06. The quantitative estimate of drug-likeness (QED) is 0.357. The maximum absolute atomic E-state index is 13.5. The SMILES string of the molecule is COc1ccc(NC(=O)c2cn[nH]c2-c2ccc(Cl)cc2)cc1NC(=O)c1cccc(F)c1. The number of amides is 2. The Hall–Kier alpha value is -4.17. The van der Waals surface area contributed by atoms with Crippen LogP contribution in [0.3, 0.4) is 0 Å². The number of benzene rings is 3. The number of carbonyl (C=O) groups excluding carboxylic acids is 2. The number of aromatic amines is 1. The van der Waals surface area contributed by atoms with Crippen molar-refractivity contribution >= 4 is 34.8 Å². The second-order valence-electron chi connectivity index (χ2n) is 7.00. The van der Waals surface area contributed by atoms with Crippen molar-refractivity contribution in [2.75, 3.05) is 17.7 Å². The van der Waals surface area contributed by atoms with Gasteiger partial charge in [0.2, 0.25) is 0 Å². The largest absolute Gasteiger partial charge is 0.495 e. The minimum Gasteiger partial charge on any atom is -0.495 e.